The molecule has 0 aromatic heterocycles. The third kappa shape index (κ3) is 6.62. The predicted octanol–water partition coefficient (Wildman–Crippen LogP) is 3.99. The second-order valence-electron chi connectivity index (χ2n) is 4.16. The Morgan fingerprint density at radius 2 is 1.74 bits per heavy atom. The molecule has 0 fully saturated rings. The molecule has 3 nitrogen and oxygen atoms in total. The molecule has 0 aliphatic heterocycles. The highest BCUT2D eigenvalue weighted by molar-refractivity contribution is 9.09. The zero-order valence-electron chi connectivity index (χ0n) is 11.4. The molecular weight excluding hydrogens is 308 g/mol. The standard InChI is InChI=1S/C15H21BrO3/c1-2-18-14-9-3-4-10-15(14)19-12-6-8-13(17)7-5-11-16/h3-4,9-10H,2,5-8,11-12H2,1H3. The molecule has 0 saturated carbocycles. The third-order valence-electron chi connectivity index (χ3n) is 2.60. The van der Waals surface area contributed by atoms with Crippen molar-refractivity contribution in [1.82, 2.24) is 0 Å². The normalized spacial score (nSPS) is 10.2. The lowest BCUT2D eigenvalue weighted by molar-refractivity contribution is -0.119. The summed E-state index contributed by atoms with van der Waals surface area (Å²) in [6.45, 7) is 3.11. The van der Waals surface area contributed by atoms with E-state index in [0.717, 1.165) is 29.7 Å². The van der Waals surface area contributed by atoms with Crippen molar-refractivity contribution in [2.75, 3.05) is 18.5 Å². The van der Waals surface area contributed by atoms with E-state index in [-0.39, 0.29) is 0 Å². The average molecular weight is 329 g/mol. The van der Waals surface area contributed by atoms with Gasteiger partial charge in [0.2, 0.25) is 0 Å². The first-order valence-corrected chi connectivity index (χ1v) is 7.82. The predicted molar refractivity (Wildman–Crippen MR) is 80.4 cm³/mol. The van der Waals surface area contributed by atoms with Gasteiger partial charge in [0.25, 0.3) is 0 Å². The van der Waals surface area contributed by atoms with Crippen LogP contribution in [0.5, 0.6) is 11.5 Å². The first-order chi connectivity index (χ1) is 9.27. The molecule has 0 unspecified atom stereocenters. The Morgan fingerprint density at radius 3 is 2.37 bits per heavy atom. The molecule has 0 heterocycles. The Bertz CT molecular complexity index is 379. The van der Waals surface area contributed by atoms with Gasteiger partial charge in [-0.1, -0.05) is 28.1 Å². The van der Waals surface area contributed by atoms with Crippen LogP contribution in [0.25, 0.3) is 0 Å². The van der Waals surface area contributed by atoms with E-state index in [9.17, 15) is 4.79 Å². The molecule has 1 rings (SSSR count). The molecule has 0 bridgehead atoms. The van der Waals surface area contributed by atoms with Crippen LogP contribution in [-0.2, 0) is 4.79 Å². The van der Waals surface area contributed by atoms with Gasteiger partial charge in [-0.05, 0) is 31.9 Å². The van der Waals surface area contributed by atoms with Crippen LogP contribution in [0.4, 0.5) is 0 Å². The summed E-state index contributed by atoms with van der Waals surface area (Å²) in [4.78, 5) is 11.5. The van der Waals surface area contributed by atoms with Crippen LogP contribution in [0.3, 0.4) is 0 Å². The largest absolute Gasteiger partial charge is 0.490 e. The van der Waals surface area contributed by atoms with E-state index < -0.39 is 0 Å². The number of para-hydroxylation sites is 2. The lowest BCUT2D eigenvalue weighted by Crippen LogP contribution is -2.04. The summed E-state index contributed by atoms with van der Waals surface area (Å²) in [5, 5.41) is 0.886. The van der Waals surface area contributed by atoms with Gasteiger partial charge in [0.15, 0.2) is 11.5 Å². The van der Waals surface area contributed by atoms with Gasteiger partial charge in [-0.3, -0.25) is 4.79 Å². The number of hydrogen-bond donors (Lipinski definition) is 0. The first kappa shape index (κ1) is 16.0. The van der Waals surface area contributed by atoms with Crippen LogP contribution in [0.2, 0.25) is 0 Å². The monoisotopic (exact) mass is 328 g/mol. The highest BCUT2D eigenvalue weighted by Gasteiger charge is 2.05. The van der Waals surface area contributed by atoms with Crippen molar-refractivity contribution in [2.24, 2.45) is 0 Å². The molecule has 106 valence electrons. The van der Waals surface area contributed by atoms with Crippen molar-refractivity contribution < 1.29 is 14.3 Å². The Balaban J connectivity index is 2.27. The van der Waals surface area contributed by atoms with E-state index in [4.69, 9.17) is 9.47 Å². The Kier molecular flexibility index (Phi) is 8.30. The van der Waals surface area contributed by atoms with Gasteiger partial charge < -0.3 is 9.47 Å². The van der Waals surface area contributed by atoms with E-state index in [1.165, 1.54) is 0 Å². The summed E-state index contributed by atoms with van der Waals surface area (Å²) >= 11 is 3.32. The molecular formula is C15H21BrO3. The zero-order valence-corrected chi connectivity index (χ0v) is 12.9. The van der Waals surface area contributed by atoms with Crippen molar-refractivity contribution in [3.8, 4) is 11.5 Å². The van der Waals surface area contributed by atoms with Crippen LogP contribution in [0.1, 0.15) is 32.6 Å². The first-order valence-electron chi connectivity index (χ1n) is 6.70. The van der Waals surface area contributed by atoms with E-state index in [0.29, 0.717) is 31.8 Å². The van der Waals surface area contributed by atoms with Crippen LogP contribution in [0, 0.1) is 0 Å². The van der Waals surface area contributed by atoms with Crippen molar-refractivity contribution in [3.63, 3.8) is 0 Å². The maximum absolute atomic E-state index is 11.5. The van der Waals surface area contributed by atoms with Gasteiger partial charge in [-0.2, -0.15) is 0 Å². The number of rotatable bonds is 10. The van der Waals surface area contributed by atoms with Crippen LogP contribution in [-0.4, -0.2) is 24.3 Å². The number of alkyl halides is 1. The zero-order chi connectivity index (χ0) is 13.9. The SMILES string of the molecule is CCOc1ccccc1OCCCC(=O)CCCBr. The number of ketones is 1. The van der Waals surface area contributed by atoms with Gasteiger partial charge in [0, 0.05) is 18.2 Å². The third-order valence-corrected chi connectivity index (χ3v) is 3.16. The van der Waals surface area contributed by atoms with Gasteiger partial charge in [0.1, 0.15) is 5.78 Å². The summed E-state index contributed by atoms with van der Waals surface area (Å²) < 4.78 is 11.1. The highest BCUT2D eigenvalue weighted by atomic mass is 79.9. The van der Waals surface area contributed by atoms with Gasteiger partial charge >= 0.3 is 0 Å². The van der Waals surface area contributed by atoms with E-state index in [1.807, 2.05) is 31.2 Å². The number of hydrogen-bond acceptors (Lipinski definition) is 3. The van der Waals surface area contributed by atoms with Gasteiger partial charge in [0.05, 0.1) is 13.2 Å². The number of carbonyl (C=O) groups excluding carboxylic acids is 1. The lowest BCUT2D eigenvalue weighted by atomic mass is 10.1. The molecule has 0 aliphatic rings. The van der Waals surface area contributed by atoms with Crippen LogP contribution < -0.4 is 9.47 Å². The summed E-state index contributed by atoms with van der Waals surface area (Å²) in [5.41, 5.74) is 0. The van der Waals surface area contributed by atoms with E-state index in [1.54, 1.807) is 0 Å². The van der Waals surface area contributed by atoms with Crippen LogP contribution >= 0.6 is 15.9 Å². The van der Waals surface area contributed by atoms with Crippen molar-refractivity contribution in [2.45, 2.75) is 32.6 Å². The smallest absolute Gasteiger partial charge is 0.161 e. The Hall–Kier alpha value is -1.03. The number of ether oxygens (including phenoxy) is 2. The summed E-state index contributed by atoms with van der Waals surface area (Å²) in [7, 11) is 0. The maximum Gasteiger partial charge on any atom is 0.161 e. The van der Waals surface area contributed by atoms with Crippen molar-refractivity contribution in [1.29, 1.82) is 0 Å². The molecule has 0 amide bonds. The Morgan fingerprint density at radius 1 is 1.11 bits per heavy atom. The minimum Gasteiger partial charge on any atom is -0.490 e. The minimum atomic E-state index is 0.307. The number of carbonyl (C=O) groups is 1. The van der Waals surface area contributed by atoms with Crippen LogP contribution in [0.15, 0.2) is 24.3 Å². The van der Waals surface area contributed by atoms with E-state index >= 15 is 0 Å². The number of halogens is 1. The summed E-state index contributed by atoms with van der Waals surface area (Å²) in [6.07, 6.45) is 2.90. The molecule has 0 aliphatic carbocycles. The average Bonchev–Trinajstić information content (AvgIpc) is 2.43. The maximum atomic E-state index is 11.5. The number of Topliss-reactive ketones (excluding diaryl/α,β-unsaturated/α-hetero) is 1. The summed E-state index contributed by atoms with van der Waals surface area (Å²) in [6, 6.07) is 7.61. The molecule has 0 saturated heterocycles. The highest BCUT2D eigenvalue weighted by Crippen LogP contribution is 2.26. The minimum absolute atomic E-state index is 0.307. The van der Waals surface area contributed by atoms with Gasteiger partial charge in [-0.25, -0.2) is 0 Å². The molecule has 0 N–H and O–H groups in total. The second kappa shape index (κ2) is 9.84. The van der Waals surface area contributed by atoms with Crippen molar-refractivity contribution in [3.05, 3.63) is 24.3 Å². The molecule has 1 aromatic carbocycles. The fourth-order valence-corrected chi connectivity index (χ4v) is 1.96. The molecule has 0 radical (unpaired) electrons. The van der Waals surface area contributed by atoms with Crippen molar-refractivity contribution >= 4 is 21.7 Å². The Labute approximate surface area is 123 Å². The van der Waals surface area contributed by atoms with Gasteiger partial charge in [-0.15, -0.1) is 0 Å². The topological polar surface area (TPSA) is 35.5 Å². The summed E-state index contributed by atoms with van der Waals surface area (Å²) in [5.74, 6) is 1.81. The molecule has 19 heavy (non-hydrogen) atoms. The fourth-order valence-electron chi connectivity index (χ4n) is 1.68. The fraction of sp³-hybridized carbons (Fsp3) is 0.533. The number of benzene rings is 1. The molecule has 0 atom stereocenters. The lowest BCUT2D eigenvalue weighted by Gasteiger charge is -2.11. The van der Waals surface area contributed by atoms with E-state index in [2.05, 4.69) is 15.9 Å². The molecule has 0 spiro atoms. The second-order valence-corrected chi connectivity index (χ2v) is 4.96. The molecule has 1 aromatic rings. The molecule has 4 heteroatoms. The quantitative estimate of drug-likeness (QED) is 0.481.